The summed E-state index contributed by atoms with van der Waals surface area (Å²) in [4.78, 5) is 28.1. The monoisotopic (exact) mass is 422 g/mol. The van der Waals surface area contributed by atoms with Crippen molar-refractivity contribution in [3.8, 4) is 0 Å². The number of pyridine rings is 1. The van der Waals surface area contributed by atoms with Gasteiger partial charge in [-0.2, -0.15) is 0 Å². The molecule has 10 heteroatoms. The van der Waals surface area contributed by atoms with Gasteiger partial charge in [-0.3, -0.25) is 25.4 Å². The summed E-state index contributed by atoms with van der Waals surface area (Å²) in [6.07, 6.45) is 4.30. The summed E-state index contributed by atoms with van der Waals surface area (Å²) in [7, 11) is -3.45. The summed E-state index contributed by atoms with van der Waals surface area (Å²) >= 11 is 1.18. The van der Waals surface area contributed by atoms with Gasteiger partial charge in [0.05, 0.1) is 0 Å². The van der Waals surface area contributed by atoms with E-state index < -0.39 is 15.9 Å². The summed E-state index contributed by atoms with van der Waals surface area (Å²) < 4.78 is 27.3. The van der Waals surface area contributed by atoms with Gasteiger partial charge in [-0.25, -0.2) is 13.1 Å². The van der Waals surface area contributed by atoms with Crippen molar-refractivity contribution in [1.82, 2.24) is 20.6 Å². The maximum atomic E-state index is 12.3. The molecule has 3 N–H and O–H groups in total. The van der Waals surface area contributed by atoms with E-state index in [9.17, 15) is 18.0 Å². The lowest BCUT2D eigenvalue weighted by Crippen LogP contribution is -2.45. The van der Waals surface area contributed by atoms with Gasteiger partial charge < -0.3 is 0 Å². The number of hydrazine groups is 1. The van der Waals surface area contributed by atoms with Crippen LogP contribution in [-0.2, 0) is 14.8 Å². The van der Waals surface area contributed by atoms with E-state index in [1.807, 2.05) is 0 Å². The maximum Gasteiger partial charge on any atom is 0.288 e. The number of carbonyl (C=O) groups excluding carboxylic acids is 2. The summed E-state index contributed by atoms with van der Waals surface area (Å²) in [6, 6.07) is 8.24. The molecule has 1 aliphatic rings. The van der Waals surface area contributed by atoms with E-state index in [1.54, 1.807) is 35.7 Å². The first-order chi connectivity index (χ1) is 13.5. The van der Waals surface area contributed by atoms with Crippen LogP contribution in [-0.4, -0.2) is 31.8 Å². The van der Waals surface area contributed by atoms with E-state index >= 15 is 0 Å². The van der Waals surface area contributed by atoms with Gasteiger partial charge in [0.1, 0.15) is 9.90 Å². The SMILES string of the molecule is O=C(NNC(=O)C1CCC(CNS(=O)(=O)c2cccs2)CC1)c1ccccn1. The molecule has 150 valence electrons. The van der Waals surface area contributed by atoms with Gasteiger partial charge in [0, 0.05) is 18.7 Å². The van der Waals surface area contributed by atoms with E-state index in [-0.39, 0.29) is 23.4 Å². The van der Waals surface area contributed by atoms with Crippen LogP contribution in [0.3, 0.4) is 0 Å². The Balaban J connectivity index is 1.40. The van der Waals surface area contributed by atoms with Crippen LogP contribution in [0.15, 0.2) is 46.1 Å². The van der Waals surface area contributed by atoms with E-state index in [1.165, 1.54) is 17.5 Å². The average molecular weight is 423 g/mol. The van der Waals surface area contributed by atoms with Gasteiger partial charge >= 0.3 is 0 Å². The summed E-state index contributed by atoms with van der Waals surface area (Å²) in [6.45, 7) is 0.366. The number of amides is 2. The molecule has 2 aromatic rings. The summed E-state index contributed by atoms with van der Waals surface area (Å²) in [5, 5.41) is 1.73. The van der Waals surface area contributed by atoms with Crippen LogP contribution < -0.4 is 15.6 Å². The second kappa shape index (κ2) is 9.26. The number of rotatable bonds is 6. The number of carbonyl (C=O) groups is 2. The van der Waals surface area contributed by atoms with Crippen LogP contribution in [0.1, 0.15) is 36.2 Å². The van der Waals surface area contributed by atoms with Gasteiger partial charge in [-0.05, 0) is 55.2 Å². The van der Waals surface area contributed by atoms with Crippen LogP contribution in [0.2, 0.25) is 0 Å². The lowest BCUT2D eigenvalue weighted by atomic mass is 9.82. The molecule has 2 amide bonds. The third-order valence-electron chi connectivity index (χ3n) is 4.74. The largest absolute Gasteiger partial charge is 0.288 e. The highest BCUT2D eigenvalue weighted by Gasteiger charge is 2.27. The van der Waals surface area contributed by atoms with Crippen molar-refractivity contribution in [2.24, 2.45) is 11.8 Å². The summed E-state index contributed by atoms with van der Waals surface area (Å²) in [5.74, 6) is -0.705. The molecular formula is C18H22N4O4S2. The van der Waals surface area contributed by atoms with E-state index in [0.29, 0.717) is 23.6 Å². The molecule has 28 heavy (non-hydrogen) atoms. The third-order valence-corrected chi connectivity index (χ3v) is 7.56. The molecule has 0 radical (unpaired) electrons. The van der Waals surface area contributed by atoms with E-state index in [2.05, 4.69) is 20.6 Å². The highest BCUT2D eigenvalue weighted by molar-refractivity contribution is 7.91. The normalized spacial score (nSPS) is 19.7. The van der Waals surface area contributed by atoms with Crippen LogP contribution in [0, 0.1) is 11.8 Å². The Kier molecular flexibility index (Phi) is 6.76. The molecular weight excluding hydrogens is 400 g/mol. The van der Waals surface area contributed by atoms with Crippen LogP contribution in [0.4, 0.5) is 0 Å². The molecule has 2 aromatic heterocycles. The molecule has 0 aliphatic heterocycles. The minimum atomic E-state index is -3.45. The van der Waals surface area contributed by atoms with Crippen LogP contribution in [0.25, 0.3) is 0 Å². The molecule has 1 saturated carbocycles. The lowest BCUT2D eigenvalue weighted by Gasteiger charge is -2.27. The molecule has 0 bridgehead atoms. The van der Waals surface area contributed by atoms with Crippen molar-refractivity contribution in [3.63, 3.8) is 0 Å². The Morgan fingerprint density at radius 3 is 2.50 bits per heavy atom. The van der Waals surface area contributed by atoms with Gasteiger partial charge in [0.15, 0.2) is 0 Å². The zero-order valence-electron chi connectivity index (χ0n) is 15.1. The predicted molar refractivity (Wildman–Crippen MR) is 105 cm³/mol. The van der Waals surface area contributed by atoms with Crippen molar-refractivity contribution >= 4 is 33.2 Å². The molecule has 2 heterocycles. The first-order valence-electron chi connectivity index (χ1n) is 9.00. The topological polar surface area (TPSA) is 117 Å². The lowest BCUT2D eigenvalue weighted by molar-refractivity contribution is -0.127. The standard InChI is InChI=1S/C18H22N4O4S2/c23-17(21-22-18(24)15-4-1-2-10-19-15)14-8-6-13(7-9-14)12-20-28(25,26)16-5-3-11-27-16/h1-5,10-11,13-14,20H,6-9,12H2,(H,21,23)(H,22,24). The number of hydrogen-bond donors (Lipinski definition) is 3. The highest BCUT2D eigenvalue weighted by atomic mass is 32.2. The Morgan fingerprint density at radius 1 is 1.07 bits per heavy atom. The fraction of sp³-hybridized carbons (Fsp3) is 0.389. The molecule has 0 aromatic carbocycles. The molecule has 0 unspecified atom stereocenters. The molecule has 0 spiro atoms. The van der Waals surface area contributed by atoms with Crippen molar-refractivity contribution in [2.75, 3.05) is 6.54 Å². The number of aromatic nitrogens is 1. The Morgan fingerprint density at radius 2 is 1.86 bits per heavy atom. The van der Waals surface area contributed by atoms with Crippen LogP contribution >= 0.6 is 11.3 Å². The van der Waals surface area contributed by atoms with Gasteiger partial charge in [-0.15, -0.1) is 11.3 Å². The number of nitrogens with one attached hydrogen (secondary N) is 3. The predicted octanol–water partition coefficient (Wildman–Crippen LogP) is 1.69. The van der Waals surface area contributed by atoms with Crippen molar-refractivity contribution in [3.05, 3.63) is 47.6 Å². The van der Waals surface area contributed by atoms with Gasteiger partial charge in [0.25, 0.3) is 5.91 Å². The first-order valence-corrected chi connectivity index (χ1v) is 11.4. The Bertz CT molecular complexity index is 893. The molecule has 1 fully saturated rings. The molecule has 0 atom stereocenters. The zero-order valence-corrected chi connectivity index (χ0v) is 16.8. The fourth-order valence-corrected chi connectivity index (χ4v) is 5.28. The van der Waals surface area contributed by atoms with E-state index in [0.717, 1.165) is 12.8 Å². The number of thiophene rings is 1. The third kappa shape index (κ3) is 5.37. The number of nitrogens with zero attached hydrogens (tertiary/aromatic N) is 1. The Hall–Kier alpha value is -2.30. The maximum absolute atomic E-state index is 12.3. The van der Waals surface area contributed by atoms with Crippen molar-refractivity contribution in [1.29, 1.82) is 0 Å². The average Bonchev–Trinajstić information content (AvgIpc) is 3.27. The first kappa shape index (κ1) is 20.4. The quantitative estimate of drug-likeness (QED) is 0.613. The number of hydrogen-bond acceptors (Lipinski definition) is 6. The number of sulfonamides is 1. The minimum absolute atomic E-state index is 0.196. The van der Waals surface area contributed by atoms with Crippen molar-refractivity contribution < 1.29 is 18.0 Å². The fourth-order valence-electron chi connectivity index (χ4n) is 3.13. The minimum Gasteiger partial charge on any atom is -0.273 e. The second-order valence-electron chi connectivity index (χ2n) is 6.66. The zero-order chi connectivity index (χ0) is 20.0. The van der Waals surface area contributed by atoms with Gasteiger partial charge in [0.2, 0.25) is 15.9 Å². The second-order valence-corrected chi connectivity index (χ2v) is 9.60. The van der Waals surface area contributed by atoms with E-state index in [4.69, 9.17) is 0 Å². The molecule has 8 nitrogen and oxygen atoms in total. The summed E-state index contributed by atoms with van der Waals surface area (Å²) in [5.41, 5.74) is 5.05. The molecule has 0 saturated heterocycles. The Labute approximate surface area is 167 Å². The van der Waals surface area contributed by atoms with Gasteiger partial charge in [-0.1, -0.05) is 12.1 Å². The highest BCUT2D eigenvalue weighted by Crippen LogP contribution is 2.29. The van der Waals surface area contributed by atoms with Crippen LogP contribution in [0.5, 0.6) is 0 Å². The molecule has 1 aliphatic carbocycles. The van der Waals surface area contributed by atoms with Crippen molar-refractivity contribution in [2.45, 2.75) is 29.9 Å². The molecule has 3 rings (SSSR count). The smallest absolute Gasteiger partial charge is 0.273 e.